The van der Waals surface area contributed by atoms with Crippen LogP contribution in [-0.4, -0.2) is 28.0 Å². The summed E-state index contributed by atoms with van der Waals surface area (Å²) in [5.41, 5.74) is 0.925. The van der Waals surface area contributed by atoms with Gasteiger partial charge in [-0.15, -0.1) is 0 Å². The summed E-state index contributed by atoms with van der Waals surface area (Å²) >= 11 is 0. The van der Waals surface area contributed by atoms with Crippen molar-refractivity contribution in [1.82, 2.24) is 9.97 Å². The van der Waals surface area contributed by atoms with Crippen molar-refractivity contribution in [3.05, 3.63) is 51.8 Å². The third-order valence-corrected chi connectivity index (χ3v) is 2.98. The first-order valence-corrected chi connectivity index (χ1v) is 7.05. The second-order valence-electron chi connectivity index (χ2n) is 4.63. The average molecular weight is 302 g/mol. The molecule has 2 aromatic rings. The third-order valence-electron chi connectivity index (χ3n) is 2.98. The van der Waals surface area contributed by atoms with Gasteiger partial charge in [0.15, 0.2) is 0 Å². The van der Waals surface area contributed by atoms with Crippen molar-refractivity contribution in [3.63, 3.8) is 0 Å². The summed E-state index contributed by atoms with van der Waals surface area (Å²) in [5.74, 6) is 0.621. The normalized spacial score (nSPS) is 10.3. The fourth-order valence-electron chi connectivity index (χ4n) is 2.04. The van der Waals surface area contributed by atoms with Gasteiger partial charge in [0.1, 0.15) is 5.82 Å². The Hall–Kier alpha value is -2.70. The van der Waals surface area contributed by atoms with Crippen LogP contribution in [0.15, 0.2) is 30.3 Å². The molecule has 0 saturated carbocycles. The predicted octanol–water partition coefficient (Wildman–Crippen LogP) is 2.75. The molecular weight excluding hydrogens is 284 g/mol. The summed E-state index contributed by atoms with van der Waals surface area (Å²) in [6.07, 6.45) is 0.741. The second-order valence-corrected chi connectivity index (χ2v) is 4.63. The molecule has 7 heteroatoms. The molecule has 0 atom stereocenters. The SMILES string of the molecule is CCOc1nc(C)nc(NCCc2ccccc2)c1[N+](=O)[O-]. The van der Waals surface area contributed by atoms with Crippen LogP contribution in [0, 0.1) is 17.0 Å². The van der Waals surface area contributed by atoms with Crippen molar-refractivity contribution in [2.24, 2.45) is 0 Å². The fraction of sp³-hybridized carbons (Fsp3) is 0.333. The number of hydrogen-bond donors (Lipinski definition) is 1. The number of aromatic nitrogens is 2. The second kappa shape index (κ2) is 7.35. The highest BCUT2D eigenvalue weighted by Gasteiger charge is 2.25. The standard InChI is InChI=1S/C15H18N4O3/c1-3-22-15-13(19(20)21)14(17-11(2)18-15)16-10-9-12-7-5-4-6-8-12/h4-8H,3,9-10H2,1-2H3,(H,16,17,18). The van der Waals surface area contributed by atoms with E-state index in [1.54, 1.807) is 13.8 Å². The van der Waals surface area contributed by atoms with Gasteiger partial charge >= 0.3 is 5.69 Å². The Morgan fingerprint density at radius 3 is 2.64 bits per heavy atom. The Balaban J connectivity index is 2.16. The molecule has 0 bridgehead atoms. The van der Waals surface area contributed by atoms with E-state index in [0.29, 0.717) is 19.0 Å². The van der Waals surface area contributed by atoms with Crippen molar-refractivity contribution in [2.45, 2.75) is 20.3 Å². The van der Waals surface area contributed by atoms with Crippen LogP contribution in [0.25, 0.3) is 0 Å². The van der Waals surface area contributed by atoms with Crippen molar-refractivity contribution in [1.29, 1.82) is 0 Å². The van der Waals surface area contributed by atoms with E-state index in [9.17, 15) is 10.1 Å². The molecule has 0 aliphatic rings. The van der Waals surface area contributed by atoms with Crippen LogP contribution in [0.1, 0.15) is 18.3 Å². The Morgan fingerprint density at radius 2 is 2.00 bits per heavy atom. The Labute approximate surface area is 128 Å². The van der Waals surface area contributed by atoms with Crippen molar-refractivity contribution < 1.29 is 9.66 Å². The highest BCUT2D eigenvalue weighted by molar-refractivity contribution is 5.61. The zero-order valence-corrected chi connectivity index (χ0v) is 12.6. The fourth-order valence-corrected chi connectivity index (χ4v) is 2.04. The van der Waals surface area contributed by atoms with Gasteiger partial charge in [-0.2, -0.15) is 4.98 Å². The molecule has 1 aromatic carbocycles. The van der Waals surface area contributed by atoms with E-state index in [1.165, 1.54) is 0 Å². The predicted molar refractivity (Wildman–Crippen MR) is 83.2 cm³/mol. The van der Waals surface area contributed by atoms with E-state index in [0.717, 1.165) is 12.0 Å². The smallest absolute Gasteiger partial charge is 0.372 e. The number of benzene rings is 1. The third kappa shape index (κ3) is 3.91. The van der Waals surface area contributed by atoms with E-state index in [2.05, 4.69) is 15.3 Å². The molecule has 22 heavy (non-hydrogen) atoms. The lowest BCUT2D eigenvalue weighted by Gasteiger charge is -2.10. The van der Waals surface area contributed by atoms with Crippen LogP contribution in [0.2, 0.25) is 0 Å². The van der Waals surface area contributed by atoms with E-state index in [4.69, 9.17) is 4.74 Å². The molecule has 1 N–H and O–H groups in total. The zero-order valence-electron chi connectivity index (χ0n) is 12.6. The molecule has 2 rings (SSSR count). The van der Waals surface area contributed by atoms with Crippen molar-refractivity contribution in [3.8, 4) is 5.88 Å². The van der Waals surface area contributed by atoms with E-state index in [-0.39, 0.29) is 17.4 Å². The summed E-state index contributed by atoms with van der Waals surface area (Å²) in [4.78, 5) is 18.9. The maximum Gasteiger partial charge on any atom is 0.372 e. The number of anilines is 1. The lowest BCUT2D eigenvalue weighted by atomic mass is 10.1. The Morgan fingerprint density at radius 1 is 1.27 bits per heavy atom. The molecule has 0 amide bonds. The molecule has 0 radical (unpaired) electrons. The monoisotopic (exact) mass is 302 g/mol. The molecule has 0 aliphatic heterocycles. The lowest BCUT2D eigenvalue weighted by Crippen LogP contribution is -2.12. The minimum Gasteiger partial charge on any atom is -0.473 e. The van der Waals surface area contributed by atoms with Gasteiger partial charge in [0.05, 0.1) is 11.5 Å². The van der Waals surface area contributed by atoms with Gasteiger partial charge in [-0.05, 0) is 25.8 Å². The van der Waals surface area contributed by atoms with Crippen LogP contribution in [0.5, 0.6) is 5.88 Å². The van der Waals surface area contributed by atoms with Crippen LogP contribution in [0.4, 0.5) is 11.5 Å². The van der Waals surface area contributed by atoms with Gasteiger partial charge in [-0.25, -0.2) is 4.98 Å². The lowest BCUT2D eigenvalue weighted by molar-refractivity contribution is -0.385. The van der Waals surface area contributed by atoms with E-state index in [1.807, 2.05) is 30.3 Å². The first-order valence-electron chi connectivity index (χ1n) is 7.05. The van der Waals surface area contributed by atoms with Gasteiger partial charge in [0.2, 0.25) is 5.82 Å². The number of nitrogens with zero attached hydrogens (tertiary/aromatic N) is 3. The summed E-state index contributed by atoms with van der Waals surface area (Å²) in [6, 6.07) is 9.88. The minimum atomic E-state index is -0.519. The molecule has 7 nitrogen and oxygen atoms in total. The molecule has 116 valence electrons. The maximum atomic E-state index is 11.3. The zero-order chi connectivity index (χ0) is 15.9. The quantitative estimate of drug-likeness (QED) is 0.624. The van der Waals surface area contributed by atoms with Gasteiger partial charge in [-0.1, -0.05) is 30.3 Å². The number of hydrogen-bond acceptors (Lipinski definition) is 6. The molecule has 0 aliphatic carbocycles. The number of aryl methyl sites for hydroxylation is 1. The largest absolute Gasteiger partial charge is 0.473 e. The Bertz CT molecular complexity index is 647. The van der Waals surface area contributed by atoms with E-state index < -0.39 is 4.92 Å². The van der Waals surface area contributed by atoms with Crippen LogP contribution < -0.4 is 10.1 Å². The van der Waals surface area contributed by atoms with Crippen molar-refractivity contribution in [2.75, 3.05) is 18.5 Å². The van der Waals surface area contributed by atoms with E-state index >= 15 is 0 Å². The summed E-state index contributed by atoms with van der Waals surface area (Å²) < 4.78 is 5.25. The number of ether oxygens (including phenoxy) is 1. The maximum absolute atomic E-state index is 11.3. The van der Waals surface area contributed by atoms with Crippen LogP contribution in [0.3, 0.4) is 0 Å². The topological polar surface area (TPSA) is 90.2 Å². The van der Waals surface area contributed by atoms with Gasteiger partial charge < -0.3 is 10.1 Å². The van der Waals surface area contributed by atoms with Gasteiger partial charge in [-0.3, -0.25) is 10.1 Å². The Kier molecular flexibility index (Phi) is 5.24. The summed E-state index contributed by atoms with van der Waals surface area (Å²) in [5, 5.41) is 14.3. The number of nitro groups is 1. The first-order chi connectivity index (χ1) is 10.6. The highest BCUT2D eigenvalue weighted by Crippen LogP contribution is 2.31. The molecule has 0 unspecified atom stereocenters. The average Bonchev–Trinajstić information content (AvgIpc) is 2.48. The van der Waals surface area contributed by atoms with Crippen LogP contribution in [-0.2, 0) is 6.42 Å². The molecule has 0 fully saturated rings. The summed E-state index contributed by atoms with van der Waals surface area (Å²) in [6.45, 7) is 4.27. The minimum absolute atomic E-state index is 0.00205. The van der Waals surface area contributed by atoms with Gasteiger partial charge in [0.25, 0.3) is 5.88 Å². The summed E-state index contributed by atoms with van der Waals surface area (Å²) in [7, 11) is 0. The molecular formula is C15H18N4O3. The molecule has 0 spiro atoms. The molecule has 1 heterocycles. The first kappa shape index (κ1) is 15.7. The van der Waals surface area contributed by atoms with Crippen LogP contribution >= 0.6 is 0 Å². The molecule has 1 aromatic heterocycles. The van der Waals surface area contributed by atoms with Crippen molar-refractivity contribution >= 4 is 11.5 Å². The molecule has 0 saturated heterocycles. The number of nitrogens with one attached hydrogen (secondary N) is 1. The van der Waals surface area contributed by atoms with Gasteiger partial charge in [0, 0.05) is 6.54 Å². The number of rotatable bonds is 7. The highest BCUT2D eigenvalue weighted by atomic mass is 16.6.